The second kappa shape index (κ2) is 8.08. The van der Waals surface area contributed by atoms with E-state index in [1.165, 1.54) is 58.2 Å². The number of nitrogens with one attached hydrogen (secondary N) is 1. The van der Waals surface area contributed by atoms with Gasteiger partial charge in [0.25, 0.3) is 0 Å². The molecule has 0 aromatic heterocycles. The molecule has 1 N–H and O–H groups in total. The van der Waals surface area contributed by atoms with Crippen LogP contribution in [-0.2, 0) is 0 Å². The van der Waals surface area contributed by atoms with Gasteiger partial charge in [0, 0.05) is 12.6 Å². The Morgan fingerprint density at radius 2 is 1.88 bits per heavy atom. The molecule has 1 rings (SSSR count). The first-order valence-electron chi connectivity index (χ1n) is 7.19. The quantitative estimate of drug-likeness (QED) is 0.718. The minimum atomic E-state index is 0.785. The zero-order chi connectivity index (χ0) is 11.8. The van der Waals surface area contributed by atoms with Crippen molar-refractivity contribution < 1.29 is 0 Å². The number of hydrogen-bond acceptors (Lipinski definition) is 2. The Morgan fingerprint density at radius 3 is 2.56 bits per heavy atom. The SMILES string of the molecule is CCCNC1CCCCC1CN(C)CCC. The predicted molar refractivity (Wildman–Crippen MR) is 71.8 cm³/mol. The van der Waals surface area contributed by atoms with Crippen LogP contribution < -0.4 is 5.32 Å². The van der Waals surface area contributed by atoms with Crippen molar-refractivity contribution in [1.29, 1.82) is 0 Å². The van der Waals surface area contributed by atoms with Gasteiger partial charge in [-0.2, -0.15) is 0 Å². The molecule has 0 bridgehead atoms. The van der Waals surface area contributed by atoms with Gasteiger partial charge < -0.3 is 10.2 Å². The molecular formula is C14H30N2. The van der Waals surface area contributed by atoms with Crippen molar-refractivity contribution in [3.8, 4) is 0 Å². The fraction of sp³-hybridized carbons (Fsp3) is 1.00. The lowest BCUT2D eigenvalue weighted by Gasteiger charge is -2.35. The maximum atomic E-state index is 3.74. The molecule has 1 fully saturated rings. The first-order valence-corrected chi connectivity index (χ1v) is 7.19. The summed E-state index contributed by atoms with van der Waals surface area (Å²) < 4.78 is 0. The Balaban J connectivity index is 2.33. The molecular weight excluding hydrogens is 196 g/mol. The van der Waals surface area contributed by atoms with E-state index in [4.69, 9.17) is 0 Å². The highest BCUT2D eigenvalue weighted by atomic mass is 15.1. The van der Waals surface area contributed by atoms with Crippen LogP contribution in [0.1, 0.15) is 52.4 Å². The fourth-order valence-electron chi connectivity index (χ4n) is 2.90. The van der Waals surface area contributed by atoms with E-state index in [0.717, 1.165) is 12.0 Å². The van der Waals surface area contributed by atoms with E-state index in [-0.39, 0.29) is 0 Å². The van der Waals surface area contributed by atoms with Gasteiger partial charge >= 0.3 is 0 Å². The van der Waals surface area contributed by atoms with Crippen LogP contribution in [0.25, 0.3) is 0 Å². The molecule has 0 saturated heterocycles. The molecule has 1 saturated carbocycles. The molecule has 1 aliphatic rings. The van der Waals surface area contributed by atoms with Crippen molar-refractivity contribution >= 4 is 0 Å². The zero-order valence-corrected chi connectivity index (χ0v) is 11.5. The van der Waals surface area contributed by atoms with E-state index in [2.05, 4.69) is 31.1 Å². The van der Waals surface area contributed by atoms with Crippen molar-refractivity contribution in [1.82, 2.24) is 10.2 Å². The molecule has 0 aliphatic heterocycles. The van der Waals surface area contributed by atoms with Gasteiger partial charge in [-0.25, -0.2) is 0 Å². The van der Waals surface area contributed by atoms with Crippen LogP contribution in [0.4, 0.5) is 0 Å². The van der Waals surface area contributed by atoms with Crippen LogP contribution in [0.3, 0.4) is 0 Å². The van der Waals surface area contributed by atoms with Crippen LogP contribution >= 0.6 is 0 Å². The van der Waals surface area contributed by atoms with E-state index in [1.807, 2.05) is 0 Å². The van der Waals surface area contributed by atoms with E-state index in [9.17, 15) is 0 Å². The van der Waals surface area contributed by atoms with Gasteiger partial charge in [0.2, 0.25) is 0 Å². The molecule has 2 heteroatoms. The lowest BCUT2D eigenvalue weighted by atomic mass is 9.84. The predicted octanol–water partition coefficient (Wildman–Crippen LogP) is 2.89. The number of nitrogens with zero attached hydrogens (tertiary/aromatic N) is 1. The highest BCUT2D eigenvalue weighted by Gasteiger charge is 2.25. The Kier molecular flexibility index (Phi) is 7.06. The summed E-state index contributed by atoms with van der Waals surface area (Å²) in [6, 6.07) is 0.785. The van der Waals surface area contributed by atoms with Crippen molar-refractivity contribution in [3.63, 3.8) is 0 Å². The fourth-order valence-corrected chi connectivity index (χ4v) is 2.90. The third kappa shape index (κ3) is 4.84. The molecule has 2 nitrogen and oxygen atoms in total. The number of rotatable bonds is 7. The third-order valence-corrected chi connectivity index (χ3v) is 3.72. The summed E-state index contributed by atoms with van der Waals surface area (Å²) >= 11 is 0. The average Bonchev–Trinajstić information content (AvgIpc) is 2.28. The molecule has 0 spiro atoms. The summed E-state index contributed by atoms with van der Waals surface area (Å²) in [6.07, 6.45) is 8.22. The third-order valence-electron chi connectivity index (χ3n) is 3.72. The Morgan fingerprint density at radius 1 is 1.12 bits per heavy atom. The average molecular weight is 226 g/mol. The van der Waals surface area contributed by atoms with Crippen LogP contribution in [-0.4, -0.2) is 37.6 Å². The van der Waals surface area contributed by atoms with Gasteiger partial charge in [-0.1, -0.05) is 26.7 Å². The van der Waals surface area contributed by atoms with Crippen LogP contribution in [0, 0.1) is 5.92 Å². The lowest BCUT2D eigenvalue weighted by Crippen LogP contribution is -2.43. The summed E-state index contributed by atoms with van der Waals surface area (Å²) in [5.41, 5.74) is 0. The van der Waals surface area contributed by atoms with Crippen molar-refractivity contribution in [2.45, 2.75) is 58.4 Å². The molecule has 0 heterocycles. The highest BCUT2D eigenvalue weighted by Crippen LogP contribution is 2.25. The molecule has 0 aromatic rings. The van der Waals surface area contributed by atoms with Gasteiger partial charge in [-0.15, -0.1) is 0 Å². The number of hydrogen-bond donors (Lipinski definition) is 1. The van der Waals surface area contributed by atoms with Gasteiger partial charge in [0.15, 0.2) is 0 Å². The maximum absolute atomic E-state index is 3.74. The van der Waals surface area contributed by atoms with Gasteiger partial charge in [-0.05, 0) is 51.7 Å². The molecule has 0 amide bonds. The first kappa shape index (κ1) is 14.0. The van der Waals surface area contributed by atoms with Crippen molar-refractivity contribution in [3.05, 3.63) is 0 Å². The molecule has 0 radical (unpaired) electrons. The van der Waals surface area contributed by atoms with E-state index in [1.54, 1.807) is 0 Å². The summed E-state index contributed by atoms with van der Waals surface area (Å²) in [4.78, 5) is 2.51. The van der Waals surface area contributed by atoms with Gasteiger partial charge in [0.1, 0.15) is 0 Å². The Bertz CT molecular complexity index is 170. The van der Waals surface area contributed by atoms with Gasteiger partial charge in [-0.3, -0.25) is 0 Å². The first-order chi connectivity index (χ1) is 7.77. The molecule has 16 heavy (non-hydrogen) atoms. The molecule has 2 atom stereocenters. The summed E-state index contributed by atoms with van der Waals surface area (Å²) in [5, 5.41) is 3.74. The minimum Gasteiger partial charge on any atom is -0.314 e. The van der Waals surface area contributed by atoms with E-state index in [0.29, 0.717) is 0 Å². The monoisotopic (exact) mass is 226 g/mol. The van der Waals surface area contributed by atoms with Crippen LogP contribution in [0.2, 0.25) is 0 Å². The molecule has 2 unspecified atom stereocenters. The molecule has 0 aromatic carbocycles. The van der Waals surface area contributed by atoms with Crippen LogP contribution in [0.5, 0.6) is 0 Å². The van der Waals surface area contributed by atoms with Crippen molar-refractivity contribution in [2.75, 3.05) is 26.7 Å². The van der Waals surface area contributed by atoms with E-state index < -0.39 is 0 Å². The van der Waals surface area contributed by atoms with E-state index >= 15 is 0 Å². The minimum absolute atomic E-state index is 0.785. The molecule has 1 aliphatic carbocycles. The standard InChI is InChI=1S/C14H30N2/c1-4-10-15-14-9-7-6-8-13(14)12-16(3)11-5-2/h13-15H,4-12H2,1-3H3. The molecule has 96 valence electrons. The lowest BCUT2D eigenvalue weighted by molar-refractivity contribution is 0.189. The smallest absolute Gasteiger partial charge is 0.0107 e. The topological polar surface area (TPSA) is 15.3 Å². The summed E-state index contributed by atoms with van der Waals surface area (Å²) in [7, 11) is 2.27. The largest absolute Gasteiger partial charge is 0.314 e. The van der Waals surface area contributed by atoms with Crippen LogP contribution in [0.15, 0.2) is 0 Å². The summed E-state index contributed by atoms with van der Waals surface area (Å²) in [5.74, 6) is 0.886. The summed E-state index contributed by atoms with van der Waals surface area (Å²) in [6.45, 7) is 8.25. The Labute approximate surface area is 102 Å². The second-order valence-corrected chi connectivity index (χ2v) is 5.37. The highest BCUT2D eigenvalue weighted by molar-refractivity contribution is 4.82. The van der Waals surface area contributed by atoms with Gasteiger partial charge in [0.05, 0.1) is 0 Å². The normalized spacial score (nSPS) is 26.2. The zero-order valence-electron chi connectivity index (χ0n) is 11.5. The van der Waals surface area contributed by atoms with Crippen molar-refractivity contribution in [2.24, 2.45) is 5.92 Å². The second-order valence-electron chi connectivity index (χ2n) is 5.37. The Hall–Kier alpha value is -0.0800. The maximum Gasteiger partial charge on any atom is 0.0107 e.